The number of nitrogens with zero attached hydrogens (tertiary/aromatic N) is 1. The highest BCUT2D eigenvalue weighted by Gasteiger charge is 2.32. The van der Waals surface area contributed by atoms with Crippen molar-refractivity contribution in [1.82, 2.24) is 10.2 Å². The maximum atomic E-state index is 13.8. The van der Waals surface area contributed by atoms with E-state index < -0.39 is 0 Å². The fourth-order valence-electron chi connectivity index (χ4n) is 4.48. The lowest BCUT2D eigenvalue weighted by Gasteiger charge is -2.37. The van der Waals surface area contributed by atoms with E-state index in [1.165, 1.54) is 0 Å². The highest BCUT2D eigenvalue weighted by atomic mass is 19.1. The molecule has 2 unspecified atom stereocenters. The first-order chi connectivity index (χ1) is 15.0. The molecule has 1 saturated heterocycles. The van der Waals surface area contributed by atoms with E-state index >= 15 is 0 Å². The maximum absolute atomic E-state index is 13.8. The molecule has 1 aliphatic rings. The molecule has 168 valence electrons. The lowest BCUT2D eigenvalue weighted by Crippen LogP contribution is -2.46. The lowest BCUT2D eigenvalue weighted by atomic mass is 9.83. The topological polar surface area (TPSA) is 41.6 Å². The molecule has 1 aliphatic heterocycles. The number of hydrogen-bond acceptors (Lipinski definition) is 3. The Morgan fingerprint density at radius 2 is 2.03 bits per heavy atom. The van der Waals surface area contributed by atoms with E-state index in [1.807, 2.05) is 36.4 Å². The molecule has 1 heterocycles. The SMILES string of the molecule is CCCCN1CC(C(=O)NCCc2ccccc2OC)CC(c2ccc(F)c(C)c2)C1. The number of benzene rings is 2. The maximum Gasteiger partial charge on any atom is 0.224 e. The third kappa shape index (κ3) is 6.30. The summed E-state index contributed by atoms with van der Waals surface area (Å²) in [6.07, 6.45) is 3.79. The minimum absolute atomic E-state index is 0.0568. The van der Waals surface area contributed by atoms with Gasteiger partial charge in [0, 0.05) is 19.6 Å². The van der Waals surface area contributed by atoms with Crippen molar-refractivity contribution in [3.8, 4) is 5.75 Å². The third-order valence-electron chi connectivity index (χ3n) is 6.26. The van der Waals surface area contributed by atoms with E-state index in [1.54, 1.807) is 20.1 Å². The Morgan fingerprint density at radius 3 is 2.77 bits per heavy atom. The Morgan fingerprint density at radius 1 is 1.23 bits per heavy atom. The summed E-state index contributed by atoms with van der Waals surface area (Å²) in [5, 5.41) is 3.14. The van der Waals surface area contributed by atoms with Crippen LogP contribution in [-0.4, -0.2) is 44.1 Å². The van der Waals surface area contributed by atoms with Crippen LogP contribution in [0.3, 0.4) is 0 Å². The average molecular weight is 427 g/mol. The minimum atomic E-state index is -0.173. The summed E-state index contributed by atoms with van der Waals surface area (Å²) in [5.41, 5.74) is 2.89. The number of ether oxygens (including phenoxy) is 1. The van der Waals surface area contributed by atoms with Gasteiger partial charge in [-0.25, -0.2) is 4.39 Å². The number of amides is 1. The molecule has 0 aromatic heterocycles. The molecule has 2 atom stereocenters. The largest absolute Gasteiger partial charge is 0.496 e. The number of methoxy groups -OCH3 is 1. The highest BCUT2D eigenvalue weighted by molar-refractivity contribution is 5.79. The Hall–Kier alpha value is -2.40. The first-order valence-electron chi connectivity index (χ1n) is 11.4. The molecule has 4 nitrogen and oxygen atoms in total. The van der Waals surface area contributed by atoms with Crippen molar-refractivity contribution < 1.29 is 13.9 Å². The van der Waals surface area contributed by atoms with Crippen LogP contribution in [0.15, 0.2) is 42.5 Å². The van der Waals surface area contributed by atoms with E-state index in [4.69, 9.17) is 4.74 Å². The molecule has 0 aliphatic carbocycles. The van der Waals surface area contributed by atoms with Crippen molar-refractivity contribution in [2.75, 3.05) is 33.3 Å². The number of hydrogen-bond donors (Lipinski definition) is 1. The molecule has 0 bridgehead atoms. The van der Waals surface area contributed by atoms with E-state index in [2.05, 4.69) is 17.1 Å². The standard InChI is InChI=1S/C26H35FN2O2/c1-4-5-14-29-17-22(21-10-11-24(27)19(2)15-21)16-23(18-29)26(30)28-13-12-20-8-6-7-9-25(20)31-3/h6-11,15,22-23H,4-5,12-14,16-18H2,1-3H3,(H,28,30). The number of nitrogens with one attached hydrogen (secondary N) is 1. The Bertz CT molecular complexity index is 870. The van der Waals surface area contributed by atoms with Crippen LogP contribution in [-0.2, 0) is 11.2 Å². The van der Waals surface area contributed by atoms with Crippen molar-refractivity contribution in [3.63, 3.8) is 0 Å². The van der Waals surface area contributed by atoms with E-state index in [-0.39, 0.29) is 23.6 Å². The van der Waals surface area contributed by atoms with Gasteiger partial charge in [-0.05, 0) is 67.5 Å². The van der Waals surface area contributed by atoms with Crippen molar-refractivity contribution >= 4 is 5.91 Å². The van der Waals surface area contributed by atoms with Crippen LogP contribution in [0.1, 0.15) is 48.8 Å². The molecule has 0 saturated carbocycles. The summed E-state index contributed by atoms with van der Waals surface area (Å²) >= 11 is 0. The van der Waals surface area contributed by atoms with E-state index in [9.17, 15) is 9.18 Å². The van der Waals surface area contributed by atoms with E-state index in [0.29, 0.717) is 12.1 Å². The van der Waals surface area contributed by atoms with Gasteiger partial charge in [0.05, 0.1) is 13.0 Å². The number of piperidine rings is 1. The number of carbonyl (C=O) groups is 1. The summed E-state index contributed by atoms with van der Waals surface area (Å²) in [6, 6.07) is 13.3. The van der Waals surface area contributed by atoms with Gasteiger partial charge >= 0.3 is 0 Å². The number of carbonyl (C=O) groups excluding carboxylic acids is 1. The predicted octanol–water partition coefficient (Wildman–Crippen LogP) is 4.71. The van der Waals surface area contributed by atoms with Gasteiger partial charge in [0.15, 0.2) is 0 Å². The molecule has 5 heteroatoms. The molecule has 0 radical (unpaired) electrons. The Kier molecular flexibility index (Phi) is 8.47. The van der Waals surface area contributed by atoms with Crippen LogP contribution in [0.4, 0.5) is 4.39 Å². The summed E-state index contributed by atoms with van der Waals surface area (Å²) < 4.78 is 19.2. The number of rotatable bonds is 9. The van der Waals surface area contributed by atoms with Crippen LogP contribution < -0.4 is 10.1 Å². The molecule has 31 heavy (non-hydrogen) atoms. The summed E-state index contributed by atoms with van der Waals surface area (Å²) in [7, 11) is 1.67. The van der Waals surface area contributed by atoms with Crippen LogP contribution in [0.2, 0.25) is 0 Å². The van der Waals surface area contributed by atoms with Gasteiger partial charge in [-0.3, -0.25) is 4.79 Å². The van der Waals surface area contributed by atoms with Gasteiger partial charge in [-0.15, -0.1) is 0 Å². The van der Waals surface area contributed by atoms with Gasteiger partial charge < -0.3 is 15.0 Å². The second-order valence-corrected chi connectivity index (χ2v) is 8.60. The van der Waals surface area contributed by atoms with Gasteiger partial charge in [0.25, 0.3) is 0 Å². The first-order valence-corrected chi connectivity index (χ1v) is 11.4. The summed E-state index contributed by atoms with van der Waals surface area (Å²) in [5.74, 6) is 0.980. The number of likely N-dealkylation sites (tertiary alicyclic amines) is 1. The number of para-hydroxylation sites is 1. The quantitative estimate of drug-likeness (QED) is 0.632. The normalized spacial score (nSPS) is 19.2. The number of aryl methyl sites for hydroxylation is 1. The minimum Gasteiger partial charge on any atom is -0.496 e. The predicted molar refractivity (Wildman–Crippen MR) is 123 cm³/mol. The van der Waals surface area contributed by atoms with Crippen molar-refractivity contribution in [2.24, 2.45) is 5.92 Å². The van der Waals surface area contributed by atoms with Gasteiger partial charge in [-0.2, -0.15) is 0 Å². The second kappa shape index (κ2) is 11.3. The van der Waals surface area contributed by atoms with Gasteiger partial charge in [-0.1, -0.05) is 43.7 Å². The zero-order valence-corrected chi connectivity index (χ0v) is 19.0. The fourth-order valence-corrected chi connectivity index (χ4v) is 4.48. The van der Waals surface area contributed by atoms with Crippen LogP contribution in [0, 0.1) is 18.7 Å². The highest BCUT2D eigenvalue weighted by Crippen LogP contribution is 2.31. The molecule has 2 aromatic carbocycles. The van der Waals surface area contributed by atoms with Crippen molar-refractivity contribution in [2.45, 2.75) is 45.4 Å². The first kappa shape index (κ1) is 23.3. The van der Waals surface area contributed by atoms with Crippen LogP contribution in [0.5, 0.6) is 5.75 Å². The molecule has 1 amide bonds. The molecular formula is C26H35FN2O2. The molecule has 0 spiro atoms. The van der Waals surface area contributed by atoms with Crippen molar-refractivity contribution in [1.29, 1.82) is 0 Å². The number of halogens is 1. The zero-order chi connectivity index (χ0) is 22.2. The second-order valence-electron chi connectivity index (χ2n) is 8.60. The fraction of sp³-hybridized carbons (Fsp3) is 0.500. The molecular weight excluding hydrogens is 391 g/mol. The van der Waals surface area contributed by atoms with Crippen LogP contribution in [0.25, 0.3) is 0 Å². The number of unbranched alkanes of at least 4 members (excludes halogenated alkanes) is 1. The Balaban J connectivity index is 1.64. The molecule has 1 fully saturated rings. The van der Waals surface area contributed by atoms with Gasteiger partial charge in [0.1, 0.15) is 11.6 Å². The molecule has 1 N–H and O–H groups in total. The van der Waals surface area contributed by atoms with Gasteiger partial charge in [0.2, 0.25) is 5.91 Å². The smallest absolute Gasteiger partial charge is 0.224 e. The summed E-state index contributed by atoms with van der Waals surface area (Å²) in [4.78, 5) is 15.4. The van der Waals surface area contributed by atoms with Crippen LogP contribution >= 0.6 is 0 Å². The molecule has 3 rings (SSSR count). The lowest BCUT2D eigenvalue weighted by molar-refractivity contribution is -0.126. The van der Waals surface area contributed by atoms with Crippen molar-refractivity contribution in [3.05, 3.63) is 65.0 Å². The zero-order valence-electron chi connectivity index (χ0n) is 19.0. The Labute approximate surface area is 185 Å². The summed E-state index contributed by atoms with van der Waals surface area (Å²) in [6.45, 7) is 7.29. The average Bonchev–Trinajstić information content (AvgIpc) is 2.79. The third-order valence-corrected chi connectivity index (χ3v) is 6.26. The van der Waals surface area contributed by atoms with E-state index in [0.717, 1.165) is 62.2 Å². The molecule has 2 aromatic rings. The monoisotopic (exact) mass is 426 g/mol.